The van der Waals surface area contributed by atoms with E-state index in [-0.39, 0.29) is 18.1 Å². The Labute approximate surface area is 155 Å². The Morgan fingerprint density at radius 2 is 1.54 bits per heavy atom. The van der Waals surface area contributed by atoms with Gasteiger partial charge in [0.05, 0.1) is 6.61 Å². The van der Waals surface area contributed by atoms with Gasteiger partial charge in [-0.3, -0.25) is 0 Å². The Balaban J connectivity index is 2.02. The van der Waals surface area contributed by atoms with Crippen LogP contribution in [-0.2, 0) is 14.0 Å². The van der Waals surface area contributed by atoms with E-state index in [0.717, 1.165) is 10.4 Å². The molecule has 2 atom stereocenters. The van der Waals surface area contributed by atoms with E-state index in [1.807, 2.05) is 36.4 Å². The lowest BCUT2D eigenvalue weighted by Crippen LogP contribution is -2.67. The fourth-order valence-electron chi connectivity index (χ4n) is 3.69. The molecular weight excluding hydrogens is 347 g/mol. The number of alkyl halides is 1. The molecule has 0 bridgehead atoms. The molecule has 0 unspecified atom stereocenters. The number of hydrogen-bond donors (Lipinski definition) is 0. The molecule has 2 aromatic carbocycles. The molecule has 0 aromatic heterocycles. The first-order valence-electron chi connectivity index (χ1n) is 8.94. The van der Waals surface area contributed by atoms with Crippen molar-refractivity contribution in [3.63, 3.8) is 0 Å². The quantitative estimate of drug-likeness (QED) is 0.597. The zero-order chi connectivity index (χ0) is 18.8. The molecule has 0 saturated carbocycles. The lowest BCUT2D eigenvalue weighted by molar-refractivity contribution is -0.145. The van der Waals surface area contributed by atoms with Gasteiger partial charge in [0.1, 0.15) is 6.10 Å². The summed E-state index contributed by atoms with van der Waals surface area (Å²) in [5.74, 6) is -0.777. The summed E-state index contributed by atoms with van der Waals surface area (Å²) >= 11 is 0. The van der Waals surface area contributed by atoms with Crippen molar-refractivity contribution in [3.05, 3.63) is 60.7 Å². The zero-order valence-corrected chi connectivity index (χ0v) is 16.4. The maximum Gasteiger partial charge on any atom is 0.341 e. The van der Waals surface area contributed by atoms with E-state index in [9.17, 15) is 9.18 Å². The minimum absolute atomic E-state index is 0.0665. The highest BCUT2D eigenvalue weighted by molar-refractivity contribution is 6.99. The second-order valence-electron chi connectivity index (χ2n) is 7.74. The first-order valence-corrected chi connectivity index (χ1v) is 10.8. The van der Waals surface area contributed by atoms with Crippen LogP contribution in [0.25, 0.3) is 0 Å². The van der Waals surface area contributed by atoms with Crippen LogP contribution in [0.15, 0.2) is 60.7 Å². The summed E-state index contributed by atoms with van der Waals surface area (Å²) < 4.78 is 25.3. The Morgan fingerprint density at radius 1 is 1.04 bits per heavy atom. The minimum Gasteiger partial charge on any atom is -0.458 e. The van der Waals surface area contributed by atoms with Gasteiger partial charge in [-0.15, -0.1) is 0 Å². The summed E-state index contributed by atoms with van der Waals surface area (Å²) in [6, 6.07) is 20.4. The first-order chi connectivity index (χ1) is 12.3. The van der Waals surface area contributed by atoms with Gasteiger partial charge in [0.15, 0.2) is 0 Å². The van der Waals surface area contributed by atoms with E-state index in [2.05, 4.69) is 45.0 Å². The molecule has 0 radical (unpaired) electrons. The average Bonchev–Trinajstić information content (AvgIpc) is 2.94. The number of esters is 1. The average molecular weight is 373 g/mol. The molecule has 3 rings (SSSR count). The van der Waals surface area contributed by atoms with Crippen LogP contribution in [0.3, 0.4) is 0 Å². The van der Waals surface area contributed by atoms with Gasteiger partial charge < -0.3 is 9.16 Å². The first kappa shape index (κ1) is 18.8. The normalized spacial score (nSPS) is 20.8. The Kier molecular flexibility index (Phi) is 5.30. The molecule has 1 saturated heterocycles. The van der Waals surface area contributed by atoms with E-state index in [0.29, 0.717) is 0 Å². The number of halogens is 1. The largest absolute Gasteiger partial charge is 0.458 e. The molecule has 26 heavy (non-hydrogen) atoms. The molecule has 0 N–H and O–H groups in total. The van der Waals surface area contributed by atoms with Crippen molar-refractivity contribution in [3.8, 4) is 0 Å². The molecule has 1 aliphatic heterocycles. The molecule has 138 valence electrons. The van der Waals surface area contributed by atoms with E-state index >= 15 is 0 Å². The van der Waals surface area contributed by atoms with E-state index in [1.165, 1.54) is 0 Å². The predicted molar refractivity (Wildman–Crippen MR) is 103 cm³/mol. The number of carbonyl (C=O) groups is 1. The molecule has 1 heterocycles. The second-order valence-corrected chi connectivity index (χ2v) is 12.0. The van der Waals surface area contributed by atoms with Gasteiger partial charge in [-0.2, -0.15) is 0 Å². The molecule has 1 fully saturated rings. The van der Waals surface area contributed by atoms with E-state index in [4.69, 9.17) is 9.16 Å². The fourth-order valence-corrected chi connectivity index (χ4v) is 8.29. The van der Waals surface area contributed by atoms with Gasteiger partial charge in [0, 0.05) is 6.42 Å². The van der Waals surface area contributed by atoms with Crippen molar-refractivity contribution >= 4 is 24.7 Å². The van der Waals surface area contributed by atoms with Crippen LogP contribution in [-0.4, -0.2) is 33.2 Å². The minimum atomic E-state index is -2.67. The summed E-state index contributed by atoms with van der Waals surface area (Å²) in [5.41, 5.74) is 0. The fraction of sp³-hybridized carbons (Fsp3) is 0.381. The Morgan fingerprint density at radius 3 is 1.92 bits per heavy atom. The van der Waals surface area contributed by atoms with Crippen molar-refractivity contribution in [2.75, 3.05) is 6.61 Å². The summed E-state index contributed by atoms with van der Waals surface area (Å²) in [6.07, 6.45) is -2.00. The van der Waals surface area contributed by atoms with Crippen LogP contribution in [0.4, 0.5) is 4.39 Å². The molecule has 5 heteroatoms. The SMILES string of the molecule is CC(C)(C)[Si](OC[C@@H]1C[C@H](F)C(=O)O1)(c1ccccc1)c1ccccc1. The van der Waals surface area contributed by atoms with Gasteiger partial charge in [0.2, 0.25) is 6.17 Å². The summed E-state index contributed by atoms with van der Waals surface area (Å²) in [6.45, 7) is 6.74. The summed E-state index contributed by atoms with van der Waals surface area (Å²) in [4.78, 5) is 11.4. The highest BCUT2D eigenvalue weighted by Gasteiger charge is 2.51. The Bertz CT molecular complexity index is 703. The number of carbonyl (C=O) groups excluding carboxylic acids is 1. The molecular formula is C21H25FO3Si. The maximum absolute atomic E-state index is 13.5. The molecule has 3 nitrogen and oxygen atoms in total. The monoisotopic (exact) mass is 372 g/mol. The lowest BCUT2D eigenvalue weighted by Gasteiger charge is -2.43. The van der Waals surface area contributed by atoms with Gasteiger partial charge in [-0.05, 0) is 15.4 Å². The van der Waals surface area contributed by atoms with Crippen LogP contribution in [0.2, 0.25) is 5.04 Å². The number of rotatable bonds is 5. The molecule has 0 spiro atoms. The van der Waals surface area contributed by atoms with Crippen LogP contribution in [0.5, 0.6) is 0 Å². The van der Waals surface area contributed by atoms with E-state index in [1.54, 1.807) is 0 Å². The predicted octanol–water partition coefficient (Wildman–Crippen LogP) is 3.22. The van der Waals surface area contributed by atoms with Gasteiger partial charge >= 0.3 is 5.97 Å². The van der Waals surface area contributed by atoms with Crippen molar-refractivity contribution < 1.29 is 18.3 Å². The standard InChI is InChI=1S/C21H25FO3Si/c1-21(2,3)26(17-10-6-4-7-11-17,18-12-8-5-9-13-18)24-15-16-14-19(22)20(23)25-16/h4-13,16,19H,14-15H2,1-3H3/t16-,19-/m0/s1. The van der Waals surface area contributed by atoms with E-state index < -0.39 is 26.6 Å². The van der Waals surface area contributed by atoms with Crippen LogP contribution in [0, 0.1) is 0 Å². The third-order valence-electron chi connectivity index (χ3n) is 4.91. The van der Waals surface area contributed by atoms with Gasteiger partial charge in [0.25, 0.3) is 8.32 Å². The lowest BCUT2D eigenvalue weighted by atomic mass is 10.2. The van der Waals surface area contributed by atoms with Gasteiger partial charge in [-0.1, -0.05) is 81.4 Å². The summed E-state index contributed by atoms with van der Waals surface area (Å²) in [7, 11) is -2.67. The maximum atomic E-state index is 13.5. The molecule has 0 amide bonds. The second kappa shape index (κ2) is 7.33. The van der Waals surface area contributed by atoms with Crippen molar-refractivity contribution in [1.29, 1.82) is 0 Å². The number of ether oxygens (including phenoxy) is 1. The molecule has 0 aliphatic carbocycles. The molecule has 2 aromatic rings. The van der Waals surface area contributed by atoms with Crippen molar-refractivity contribution in [2.24, 2.45) is 0 Å². The Hall–Kier alpha value is -1.98. The topological polar surface area (TPSA) is 35.5 Å². The number of cyclic esters (lactones) is 1. The highest BCUT2D eigenvalue weighted by atomic mass is 28.4. The van der Waals surface area contributed by atoms with Crippen LogP contribution in [0.1, 0.15) is 27.2 Å². The highest BCUT2D eigenvalue weighted by Crippen LogP contribution is 2.37. The molecule has 1 aliphatic rings. The summed E-state index contributed by atoms with van der Waals surface area (Å²) in [5, 5.41) is 2.15. The zero-order valence-electron chi connectivity index (χ0n) is 15.4. The van der Waals surface area contributed by atoms with Crippen molar-refractivity contribution in [1.82, 2.24) is 0 Å². The smallest absolute Gasteiger partial charge is 0.341 e. The third-order valence-corrected chi connectivity index (χ3v) is 9.92. The third kappa shape index (κ3) is 3.46. The van der Waals surface area contributed by atoms with Gasteiger partial charge in [-0.25, -0.2) is 9.18 Å². The number of hydrogen-bond acceptors (Lipinski definition) is 3. The number of benzene rings is 2. The van der Waals surface area contributed by atoms with Crippen LogP contribution < -0.4 is 10.4 Å². The van der Waals surface area contributed by atoms with Crippen molar-refractivity contribution in [2.45, 2.75) is 44.5 Å². The van der Waals surface area contributed by atoms with Crippen LogP contribution >= 0.6 is 0 Å².